The smallest absolute Gasteiger partial charge is 0.339 e. The molecule has 0 aliphatic rings. The van der Waals surface area contributed by atoms with E-state index in [4.69, 9.17) is 10.5 Å². The van der Waals surface area contributed by atoms with Gasteiger partial charge >= 0.3 is 5.97 Å². The Morgan fingerprint density at radius 2 is 1.58 bits per heavy atom. The van der Waals surface area contributed by atoms with Crippen molar-refractivity contribution < 1.29 is 18.5 Å². The normalized spacial score (nSPS) is 13.3. The molecule has 0 radical (unpaired) electrons. The van der Waals surface area contributed by atoms with Crippen LogP contribution in [-0.2, 0) is 20.3 Å². The molecule has 0 fully saturated rings. The summed E-state index contributed by atoms with van der Waals surface area (Å²) in [6.45, 7) is 3.71. The number of hydrogen-bond donors (Lipinski definition) is 1. The fourth-order valence-electron chi connectivity index (χ4n) is 2.09. The molecular weight excluding hydrogens is 326 g/mol. The molecule has 6 heteroatoms. The van der Waals surface area contributed by atoms with Crippen molar-refractivity contribution in [3.05, 3.63) is 65.7 Å². The van der Waals surface area contributed by atoms with Crippen molar-refractivity contribution in [2.24, 2.45) is 5.73 Å². The molecule has 0 bridgehead atoms. The van der Waals surface area contributed by atoms with Gasteiger partial charge in [0.15, 0.2) is 0 Å². The Hall–Kier alpha value is -2.47. The molecule has 2 aromatic carbocycles. The van der Waals surface area contributed by atoms with Gasteiger partial charge in [-0.25, -0.2) is 4.79 Å². The van der Waals surface area contributed by atoms with E-state index in [1.165, 1.54) is 12.1 Å². The zero-order chi connectivity index (χ0) is 17.7. The molecule has 0 aliphatic carbocycles. The van der Waals surface area contributed by atoms with E-state index in [0.717, 1.165) is 0 Å². The molecule has 0 saturated heterocycles. The minimum absolute atomic E-state index is 0.0138. The summed E-state index contributed by atoms with van der Waals surface area (Å²) in [4.78, 5) is 24.5. The first-order valence-electron chi connectivity index (χ1n) is 7.46. The van der Waals surface area contributed by atoms with Crippen molar-refractivity contribution in [2.45, 2.75) is 30.1 Å². The Balaban J connectivity index is 2.16. The molecule has 24 heavy (non-hydrogen) atoms. The molecule has 0 unspecified atom stereocenters. The number of ether oxygens (including phenoxy) is 1. The highest BCUT2D eigenvalue weighted by molar-refractivity contribution is 7.85. The molecule has 0 spiro atoms. The fraction of sp³-hybridized carbons (Fsp3) is 0.222. The van der Waals surface area contributed by atoms with Crippen LogP contribution in [0.5, 0.6) is 0 Å². The van der Waals surface area contributed by atoms with Crippen molar-refractivity contribution in [3.8, 4) is 0 Å². The Morgan fingerprint density at radius 3 is 2.08 bits per heavy atom. The van der Waals surface area contributed by atoms with Gasteiger partial charge in [-0.05, 0) is 24.3 Å². The molecule has 0 aromatic heterocycles. The van der Waals surface area contributed by atoms with Gasteiger partial charge in [-0.15, -0.1) is 0 Å². The van der Waals surface area contributed by atoms with Crippen LogP contribution in [0.3, 0.4) is 0 Å². The first-order chi connectivity index (χ1) is 11.4. The molecule has 5 nitrogen and oxygen atoms in total. The molecule has 0 saturated carbocycles. The van der Waals surface area contributed by atoms with E-state index >= 15 is 0 Å². The number of primary amides is 1. The lowest BCUT2D eigenvalue weighted by atomic mass is 10.1. The topological polar surface area (TPSA) is 86.5 Å². The van der Waals surface area contributed by atoms with Gasteiger partial charge in [0, 0.05) is 15.7 Å². The number of benzene rings is 2. The van der Waals surface area contributed by atoms with Gasteiger partial charge in [0.2, 0.25) is 6.10 Å². The first kappa shape index (κ1) is 17.9. The van der Waals surface area contributed by atoms with Crippen LogP contribution in [0.25, 0.3) is 0 Å². The number of nitrogens with two attached hydrogens (primary N) is 1. The fourth-order valence-corrected chi connectivity index (χ4v) is 3.04. The van der Waals surface area contributed by atoms with Crippen LogP contribution in [0.2, 0.25) is 0 Å². The maximum absolute atomic E-state index is 12.2. The third-order valence-corrected chi connectivity index (χ3v) is 4.93. The number of hydrogen-bond acceptors (Lipinski definition) is 4. The Morgan fingerprint density at radius 1 is 1.00 bits per heavy atom. The van der Waals surface area contributed by atoms with Crippen molar-refractivity contribution in [1.29, 1.82) is 0 Å². The first-order valence-corrected chi connectivity index (χ1v) is 8.67. The number of rotatable bonds is 6. The molecule has 2 N–H and O–H groups in total. The second-order valence-electron chi connectivity index (χ2n) is 5.47. The third kappa shape index (κ3) is 4.29. The van der Waals surface area contributed by atoms with Crippen LogP contribution in [0.4, 0.5) is 0 Å². The maximum atomic E-state index is 12.2. The predicted molar refractivity (Wildman–Crippen MR) is 91.8 cm³/mol. The van der Waals surface area contributed by atoms with Gasteiger partial charge in [-0.3, -0.25) is 9.00 Å². The van der Waals surface area contributed by atoms with Crippen molar-refractivity contribution >= 4 is 22.7 Å². The highest BCUT2D eigenvalue weighted by Crippen LogP contribution is 2.20. The van der Waals surface area contributed by atoms with Crippen molar-refractivity contribution in [3.63, 3.8) is 0 Å². The minimum Gasteiger partial charge on any atom is -0.444 e. The average molecular weight is 345 g/mol. The van der Waals surface area contributed by atoms with E-state index in [0.29, 0.717) is 10.5 Å². The van der Waals surface area contributed by atoms with Crippen LogP contribution in [0.15, 0.2) is 59.5 Å². The van der Waals surface area contributed by atoms with E-state index < -0.39 is 28.8 Å². The standard InChI is InChI=1S/C18H19NO4S/c1-12(2)24(22)15-10-8-14(9-11-15)18(21)23-16(17(19)20)13-6-4-3-5-7-13/h3-12,16H,1-2H3,(H2,19,20)/t16-,24-/m0/s1. The summed E-state index contributed by atoms with van der Waals surface area (Å²) in [6.07, 6.45) is -1.15. The molecular formula is C18H19NO4S. The second kappa shape index (κ2) is 7.88. The number of esters is 1. The van der Waals surface area contributed by atoms with Gasteiger partial charge in [0.25, 0.3) is 5.91 Å². The van der Waals surface area contributed by atoms with Crippen LogP contribution in [0.1, 0.15) is 35.9 Å². The van der Waals surface area contributed by atoms with Gasteiger partial charge in [0.1, 0.15) is 0 Å². The number of amides is 1. The van der Waals surface area contributed by atoms with Crippen LogP contribution in [0, 0.1) is 0 Å². The zero-order valence-electron chi connectivity index (χ0n) is 13.5. The predicted octanol–water partition coefficient (Wildman–Crippen LogP) is 2.59. The van der Waals surface area contributed by atoms with E-state index in [2.05, 4.69) is 0 Å². The summed E-state index contributed by atoms with van der Waals surface area (Å²) >= 11 is 0. The molecule has 1 amide bonds. The van der Waals surface area contributed by atoms with Gasteiger partial charge in [-0.2, -0.15) is 0 Å². The summed E-state index contributed by atoms with van der Waals surface area (Å²) in [5.41, 5.74) is 6.11. The number of carbonyl (C=O) groups is 2. The van der Waals surface area contributed by atoms with E-state index in [1.807, 2.05) is 13.8 Å². The summed E-state index contributed by atoms with van der Waals surface area (Å²) in [6, 6.07) is 14.9. The maximum Gasteiger partial charge on any atom is 0.339 e. The van der Waals surface area contributed by atoms with Crippen molar-refractivity contribution in [2.75, 3.05) is 0 Å². The minimum atomic E-state index is -1.15. The summed E-state index contributed by atoms with van der Waals surface area (Å²) in [7, 11) is -1.13. The lowest BCUT2D eigenvalue weighted by Crippen LogP contribution is -2.26. The third-order valence-electron chi connectivity index (χ3n) is 3.34. The van der Waals surface area contributed by atoms with Crippen molar-refractivity contribution in [1.82, 2.24) is 0 Å². The van der Waals surface area contributed by atoms with E-state index in [1.54, 1.807) is 42.5 Å². The van der Waals surface area contributed by atoms with Crippen LogP contribution in [-0.4, -0.2) is 21.3 Å². The highest BCUT2D eigenvalue weighted by Gasteiger charge is 2.23. The average Bonchev–Trinajstić information content (AvgIpc) is 2.59. The molecule has 2 aromatic rings. The number of carbonyl (C=O) groups excluding carboxylic acids is 2. The Kier molecular flexibility index (Phi) is 5.87. The largest absolute Gasteiger partial charge is 0.444 e. The molecule has 126 valence electrons. The lowest BCUT2D eigenvalue weighted by Gasteiger charge is -2.15. The molecule has 0 heterocycles. The Labute approximate surface area is 143 Å². The SMILES string of the molecule is CC(C)[S@](=O)c1ccc(C(=O)O[C@H](C(N)=O)c2ccccc2)cc1. The molecule has 0 aliphatic heterocycles. The molecule has 2 rings (SSSR count). The van der Waals surface area contributed by atoms with E-state index in [9.17, 15) is 13.8 Å². The second-order valence-corrected chi connectivity index (χ2v) is 7.48. The monoisotopic (exact) mass is 345 g/mol. The summed E-state index contributed by atoms with van der Waals surface area (Å²) in [5, 5.41) is -0.0138. The summed E-state index contributed by atoms with van der Waals surface area (Å²) < 4.78 is 17.3. The van der Waals surface area contributed by atoms with Gasteiger partial charge in [0.05, 0.1) is 16.4 Å². The highest BCUT2D eigenvalue weighted by atomic mass is 32.2. The summed E-state index contributed by atoms with van der Waals surface area (Å²) in [5.74, 6) is -1.41. The molecule has 2 atom stereocenters. The zero-order valence-corrected chi connectivity index (χ0v) is 14.3. The lowest BCUT2D eigenvalue weighted by molar-refractivity contribution is -0.127. The van der Waals surface area contributed by atoms with Gasteiger partial charge < -0.3 is 10.5 Å². The van der Waals surface area contributed by atoms with Crippen LogP contribution >= 0.6 is 0 Å². The van der Waals surface area contributed by atoms with Gasteiger partial charge in [-0.1, -0.05) is 44.2 Å². The van der Waals surface area contributed by atoms with E-state index in [-0.39, 0.29) is 10.8 Å². The van der Waals surface area contributed by atoms with Crippen LogP contribution < -0.4 is 5.73 Å². The Bertz CT molecular complexity index is 741. The quantitative estimate of drug-likeness (QED) is 0.815.